The molecule has 62 valence electrons. The average molecular weight is 153 g/mol. The minimum absolute atomic E-state index is 0.594. The predicted molar refractivity (Wildman–Crippen MR) is 46.2 cm³/mol. The average Bonchev–Trinajstić information content (AvgIpc) is 2.37. The van der Waals surface area contributed by atoms with Gasteiger partial charge in [0, 0.05) is 11.8 Å². The smallest absolute Gasteiger partial charge is 0.145 e. The largest absolute Gasteiger partial charge is 0.382 e. The summed E-state index contributed by atoms with van der Waals surface area (Å²) >= 11 is 0. The van der Waals surface area contributed by atoms with E-state index in [9.17, 15) is 0 Å². The molecule has 0 fully saturated rings. The van der Waals surface area contributed by atoms with Crippen molar-refractivity contribution in [2.75, 3.05) is 5.73 Å². The van der Waals surface area contributed by atoms with Gasteiger partial charge in [-0.1, -0.05) is 19.8 Å². The second kappa shape index (κ2) is 4.01. The fourth-order valence-electron chi connectivity index (χ4n) is 1.07. The second-order valence-corrected chi connectivity index (χ2v) is 2.78. The molecule has 0 amide bonds. The van der Waals surface area contributed by atoms with Crippen molar-refractivity contribution in [3.05, 3.63) is 11.8 Å². The highest BCUT2D eigenvalue weighted by Crippen LogP contribution is 2.05. The molecule has 0 saturated carbocycles. The Hall–Kier alpha value is -0.990. The lowest BCUT2D eigenvalue weighted by atomic mass is 10.2. The maximum Gasteiger partial charge on any atom is 0.145 e. The first-order chi connectivity index (χ1) is 5.33. The normalized spacial score (nSPS) is 10.3. The van der Waals surface area contributed by atoms with E-state index in [2.05, 4.69) is 17.1 Å². The van der Waals surface area contributed by atoms with Crippen LogP contribution in [-0.2, 0) is 6.42 Å². The number of unbranched alkanes of at least 4 members (excludes halogenated alkanes) is 2. The summed E-state index contributed by atoms with van der Waals surface area (Å²) < 4.78 is 0. The first-order valence-corrected chi connectivity index (χ1v) is 4.12. The Balaban J connectivity index is 2.27. The fraction of sp³-hybridized carbons (Fsp3) is 0.625. The van der Waals surface area contributed by atoms with Crippen LogP contribution < -0.4 is 5.73 Å². The molecule has 0 unspecified atom stereocenters. The molecule has 1 heterocycles. The van der Waals surface area contributed by atoms with Gasteiger partial charge >= 0.3 is 0 Å². The van der Waals surface area contributed by atoms with E-state index in [0.29, 0.717) is 5.82 Å². The van der Waals surface area contributed by atoms with Crippen LogP contribution in [0.15, 0.2) is 6.07 Å². The van der Waals surface area contributed by atoms with Gasteiger partial charge in [-0.2, -0.15) is 5.10 Å². The lowest BCUT2D eigenvalue weighted by molar-refractivity contribution is 0.705. The second-order valence-electron chi connectivity index (χ2n) is 2.78. The third kappa shape index (κ3) is 2.62. The number of hydrogen-bond donors (Lipinski definition) is 2. The Kier molecular flexibility index (Phi) is 2.95. The molecule has 0 aliphatic heterocycles. The van der Waals surface area contributed by atoms with E-state index >= 15 is 0 Å². The summed E-state index contributed by atoms with van der Waals surface area (Å²) in [6.07, 6.45) is 4.82. The van der Waals surface area contributed by atoms with Gasteiger partial charge in [0.05, 0.1) is 0 Å². The van der Waals surface area contributed by atoms with E-state index in [1.807, 2.05) is 6.07 Å². The van der Waals surface area contributed by atoms with Crippen LogP contribution in [0, 0.1) is 0 Å². The summed E-state index contributed by atoms with van der Waals surface area (Å²) in [6, 6.07) is 1.90. The van der Waals surface area contributed by atoms with Crippen molar-refractivity contribution >= 4 is 5.82 Å². The van der Waals surface area contributed by atoms with Crippen LogP contribution >= 0.6 is 0 Å². The van der Waals surface area contributed by atoms with Crippen molar-refractivity contribution in [2.45, 2.75) is 32.6 Å². The van der Waals surface area contributed by atoms with E-state index in [1.54, 1.807) is 0 Å². The van der Waals surface area contributed by atoms with Crippen LogP contribution in [-0.4, -0.2) is 10.2 Å². The summed E-state index contributed by atoms with van der Waals surface area (Å²) in [6.45, 7) is 2.20. The summed E-state index contributed by atoms with van der Waals surface area (Å²) in [7, 11) is 0. The molecule has 0 aliphatic carbocycles. The molecule has 3 heteroatoms. The van der Waals surface area contributed by atoms with Crippen molar-refractivity contribution in [3.63, 3.8) is 0 Å². The number of H-pyrrole nitrogens is 1. The number of aromatic nitrogens is 2. The molecule has 1 aromatic heterocycles. The maximum atomic E-state index is 5.44. The third-order valence-corrected chi connectivity index (χ3v) is 1.70. The quantitative estimate of drug-likeness (QED) is 0.647. The van der Waals surface area contributed by atoms with E-state index < -0.39 is 0 Å². The van der Waals surface area contributed by atoms with Crippen LogP contribution in [0.2, 0.25) is 0 Å². The third-order valence-electron chi connectivity index (χ3n) is 1.70. The highest BCUT2D eigenvalue weighted by Gasteiger charge is 1.95. The summed E-state index contributed by atoms with van der Waals surface area (Å²) in [5.74, 6) is 0.594. The molecule has 11 heavy (non-hydrogen) atoms. The number of aromatic amines is 1. The monoisotopic (exact) mass is 153 g/mol. The van der Waals surface area contributed by atoms with E-state index in [1.165, 1.54) is 19.3 Å². The number of nitrogens with one attached hydrogen (secondary N) is 1. The van der Waals surface area contributed by atoms with E-state index in [4.69, 9.17) is 5.73 Å². The Labute approximate surface area is 67.0 Å². The molecule has 0 atom stereocenters. The number of rotatable bonds is 4. The van der Waals surface area contributed by atoms with Crippen LogP contribution in [0.25, 0.3) is 0 Å². The Morgan fingerprint density at radius 3 is 2.91 bits per heavy atom. The number of nitrogens with zero attached hydrogens (tertiary/aromatic N) is 1. The van der Waals surface area contributed by atoms with Crippen molar-refractivity contribution in [1.29, 1.82) is 0 Å². The molecule has 0 aliphatic rings. The number of aryl methyl sites for hydroxylation is 1. The van der Waals surface area contributed by atoms with Crippen LogP contribution in [0.1, 0.15) is 31.9 Å². The zero-order valence-corrected chi connectivity index (χ0v) is 6.93. The molecule has 0 saturated heterocycles. The van der Waals surface area contributed by atoms with Gasteiger partial charge in [-0.25, -0.2) is 0 Å². The van der Waals surface area contributed by atoms with Crippen molar-refractivity contribution in [2.24, 2.45) is 0 Å². The van der Waals surface area contributed by atoms with Gasteiger partial charge in [-0.3, -0.25) is 5.10 Å². The van der Waals surface area contributed by atoms with Gasteiger partial charge in [0.1, 0.15) is 5.82 Å². The molecule has 3 nitrogen and oxygen atoms in total. The minimum Gasteiger partial charge on any atom is -0.382 e. The number of nitrogen functional groups attached to an aromatic ring is 1. The molecule has 0 spiro atoms. The number of anilines is 1. The Morgan fingerprint density at radius 1 is 1.55 bits per heavy atom. The number of hydrogen-bond acceptors (Lipinski definition) is 2. The summed E-state index contributed by atoms with van der Waals surface area (Å²) in [5.41, 5.74) is 6.59. The molecule has 1 rings (SSSR count). The lowest BCUT2D eigenvalue weighted by Gasteiger charge is -1.93. The van der Waals surface area contributed by atoms with Crippen molar-refractivity contribution in [1.82, 2.24) is 10.2 Å². The fourth-order valence-corrected chi connectivity index (χ4v) is 1.07. The van der Waals surface area contributed by atoms with Crippen LogP contribution in [0.4, 0.5) is 5.82 Å². The van der Waals surface area contributed by atoms with Crippen molar-refractivity contribution < 1.29 is 0 Å². The van der Waals surface area contributed by atoms with Gasteiger partial charge in [0.2, 0.25) is 0 Å². The topological polar surface area (TPSA) is 54.7 Å². The van der Waals surface area contributed by atoms with E-state index in [0.717, 1.165) is 12.1 Å². The zero-order valence-electron chi connectivity index (χ0n) is 6.93. The van der Waals surface area contributed by atoms with Gasteiger partial charge in [-0.05, 0) is 12.8 Å². The first kappa shape index (κ1) is 8.11. The molecule has 3 N–H and O–H groups in total. The van der Waals surface area contributed by atoms with Crippen LogP contribution in [0.5, 0.6) is 0 Å². The minimum atomic E-state index is 0.594. The van der Waals surface area contributed by atoms with Gasteiger partial charge in [0.15, 0.2) is 0 Å². The van der Waals surface area contributed by atoms with Gasteiger partial charge in [-0.15, -0.1) is 0 Å². The zero-order chi connectivity index (χ0) is 8.10. The highest BCUT2D eigenvalue weighted by atomic mass is 15.1. The lowest BCUT2D eigenvalue weighted by Crippen LogP contribution is -1.84. The Morgan fingerprint density at radius 2 is 2.36 bits per heavy atom. The van der Waals surface area contributed by atoms with Gasteiger partial charge < -0.3 is 5.73 Å². The summed E-state index contributed by atoms with van der Waals surface area (Å²) in [4.78, 5) is 0. The molecule has 0 bridgehead atoms. The molecular weight excluding hydrogens is 138 g/mol. The summed E-state index contributed by atoms with van der Waals surface area (Å²) in [5, 5.41) is 6.74. The molecular formula is C8H15N3. The first-order valence-electron chi connectivity index (χ1n) is 4.12. The molecule has 1 aromatic rings. The van der Waals surface area contributed by atoms with Crippen molar-refractivity contribution in [3.8, 4) is 0 Å². The van der Waals surface area contributed by atoms with Crippen LogP contribution in [0.3, 0.4) is 0 Å². The number of nitrogens with two attached hydrogens (primary N) is 1. The predicted octanol–water partition coefficient (Wildman–Crippen LogP) is 1.72. The molecule has 0 aromatic carbocycles. The van der Waals surface area contributed by atoms with Gasteiger partial charge in [0.25, 0.3) is 0 Å². The SMILES string of the molecule is CCCCCc1cc(N)n[nH]1. The van der Waals surface area contributed by atoms with E-state index in [-0.39, 0.29) is 0 Å². The standard InChI is InChI=1S/C8H15N3/c1-2-3-4-5-7-6-8(9)11-10-7/h6H,2-5H2,1H3,(H3,9,10,11). The maximum absolute atomic E-state index is 5.44. The Bertz CT molecular complexity index is 205. The highest BCUT2D eigenvalue weighted by molar-refractivity contribution is 5.28. The molecule has 0 radical (unpaired) electrons.